The van der Waals surface area contributed by atoms with Crippen molar-refractivity contribution in [3.05, 3.63) is 65.0 Å². The molecule has 0 bridgehead atoms. The molecule has 2 heterocycles. The Morgan fingerprint density at radius 2 is 1.83 bits per heavy atom. The number of hydrogen-bond acceptors (Lipinski definition) is 3. The highest BCUT2D eigenvalue weighted by Gasteiger charge is 2.26. The second-order valence-electron chi connectivity index (χ2n) is 6.56. The summed E-state index contributed by atoms with van der Waals surface area (Å²) in [6, 6.07) is 13.0. The summed E-state index contributed by atoms with van der Waals surface area (Å²) >= 11 is 0. The molecule has 2 aliphatic rings. The molecule has 0 radical (unpaired) electrons. The average molecular weight is 327 g/mol. The molecule has 0 aromatic heterocycles. The molecule has 126 valence electrons. The summed E-state index contributed by atoms with van der Waals surface area (Å²) in [5, 5.41) is 0. The first-order chi connectivity index (χ1) is 11.8. The molecule has 1 saturated heterocycles. The summed E-state index contributed by atoms with van der Waals surface area (Å²) in [4.78, 5) is 2.38. The van der Waals surface area contributed by atoms with Crippen molar-refractivity contribution < 1.29 is 13.9 Å². The predicted octanol–water partition coefficient (Wildman–Crippen LogP) is 4.42. The molecule has 4 rings (SSSR count). The molecule has 0 spiro atoms. The van der Waals surface area contributed by atoms with Crippen LogP contribution in [-0.4, -0.2) is 18.0 Å². The number of fused-ring (bicyclic) bond motifs is 1. The molecule has 0 saturated carbocycles. The van der Waals surface area contributed by atoms with Gasteiger partial charge in [-0.1, -0.05) is 36.8 Å². The molecule has 1 atom stereocenters. The first-order valence-corrected chi connectivity index (χ1v) is 8.66. The number of benzene rings is 2. The van der Waals surface area contributed by atoms with Gasteiger partial charge < -0.3 is 9.47 Å². The Hall–Kier alpha value is -1.91. The highest BCUT2D eigenvalue weighted by atomic mass is 19.1. The van der Waals surface area contributed by atoms with E-state index in [9.17, 15) is 4.39 Å². The van der Waals surface area contributed by atoms with Gasteiger partial charge >= 0.3 is 0 Å². The lowest BCUT2D eigenvalue weighted by molar-refractivity contribution is -0.112. The largest absolute Gasteiger partial charge is 0.460 e. The SMILES string of the molecule is Fc1cc2c(c(CN3CCCCC3)c1)OC(c1ccccc1)OC2. The van der Waals surface area contributed by atoms with E-state index in [-0.39, 0.29) is 5.82 Å². The maximum Gasteiger partial charge on any atom is 0.227 e. The number of rotatable bonds is 3. The molecule has 1 fully saturated rings. The predicted molar refractivity (Wildman–Crippen MR) is 90.1 cm³/mol. The van der Waals surface area contributed by atoms with Crippen LogP contribution in [0.1, 0.15) is 42.2 Å². The fourth-order valence-electron chi connectivity index (χ4n) is 3.53. The topological polar surface area (TPSA) is 21.7 Å². The third-order valence-corrected chi connectivity index (χ3v) is 4.74. The van der Waals surface area contributed by atoms with Crippen LogP contribution in [0.3, 0.4) is 0 Å². The van der Waals surface area contributed by atoms with Crippen LogP contribution < -0.4 is 4.74 Å². The van der Waals surface area contributed by atoms with E-state index in [0.29, 0.717) is 6.61 Å². The minimum absolute atomic E-state index is 0.217. The Morgan fingerprint density at radius 3 is 2.62 bits per heavy atom. The minimum Gasteiger partial charge on any atom is -0.460 e. The van der Waals surface area contributed by atoms with Crippen molar-refractivity contribution in [3.63, 3.8) is 0 Å². The maximum atomic E-state index is 14.0. The van der Waals surface area contributed by atoms with Gasteiger partial charge in [0.25, 0.3) is 0 Å². The summed E-state index contributed by atoms with van der Waals surface area (Å²) in [5.41, 5.74) is 2.71. The van der Waals surface area contributed by atoms with Crippen LogP contribution in [0, 0.1) is 5.82 Å². The van der Waals surface area contributed by atoms with Gasteiger partial charge in [0.15, 0.2) is 0 Å². The lowest BCUT2D eigenvalue weighted by Gasteiger charge is -2.31. The number of piperidine rings is 1. The molecule has 24 heavy (non-hydrogen) atoms. The van der Waals surface area contributed by atoms with E-state index in [0.717, 1.165) is 42.1 Å². The van der Waals surface area contributed by atoms with Crippen LogP contribution in [0.2, 0.25) is 0 Å². The summed E-state index contributed by atoms with van der Waals surface area (Å²) < 4.78 is 25.9. The zero-order valence-electron chi connectivity index (χ0n) is 13.7. The lowest BCUT2D eigenvalue weighted by Crippen LogP contribution is -2.30. The number of ether oxygens (including phenoxy) is 2. The molecular weight excluding hydrogens is 305 g/mol. The molecule has 4 heteroatoms. The fourth-order valence-corrected chi connectivity index (χ4v) is 3.53. The molecule has 3 nitrogen and oxygen atoms in total. The molecule has 2 aromatic carbocycles. The van der Waals surface area contributed by atoms with Gasteiger partial charge in [0.1, 0.15) is 11.6 Å². The van der Waals surface area contributed by atoms with Crippen LogP contribution in [0.25, 0.3) is 0 Å². The quantitative estimate of drug-likeness (QED) is 0.833. The van der Waals surface area contributed by atoms with E-state index in [1.54, 1.807) is 6.07 Å². The van der Waals surface area contributed by atoms with Crippen molar-refractivity contribution in [1.82, 2.24) is 4.90 Å². The molecule has 2 aromatic rings. The number of nitrogens with zero attached hydrogens (tertiary/aromatic N) is 1. The number of likely N-dealkylation sites (tertiary alicyclic amines) is 1. The van der Waals surface area contributed by atoms with Gasteiger partial charge in [0.2, 0.25) is 6.29 Å². The maximum absolute atomic E-state index is 14.0. The molecule has 0 N–H and O–H groups in total. The minimum atomic E-state index is -0.427. The zero-order chi connectivity index (χ0) is 16.4. The van der Waals surface area contributed by atoms with Crippen LogP contribution in [-0.2, 0) is 17.9 Å². The van der Waals surface area contributed by atoms with E-state index in [1.165, 1.54) is 25.3 Å². The van der Waals surface area contributed by atoms with E-state index < -0.39 is 6.29 Å². The van der Waals surface area contributed by atoms with Gasteiger partial charge in [-0.25, -0.2) is 4.39 Å². The van der Waals surface area contributed by atoms with Crippen molar-refractivity contribution in [2.45, 2.75) is 38.7 Å². The van der Waals surface area contributed by atoms with Gasteiger partial charge in [0, 0.05) is 23.2 Å². The summed E-state index contributed by atoms with van der Waals surface area (Å²) in [6.45, 7) is 3.26. The van der Waals surface area contributed by atoms with Crippen LogP contribution >= 0.6 is 0 Å². The van der Waals surface area contributed by atoms with E-state index in [4.69, 9.17) is 9.47 Å². The Balaban J connectivity index is 1.60. The Kier molecular flexibility index (Phi) is 4.50. The van der Waals surface area contributed by atoms with Crippen LogP contribution in [0.4, 0.5) is 4.39 Å². The second kappa shape index (κ2) is 6.91. The third-order valence-electron chi connectivity index (χ3n) is 4.74. The normalized spacial score (nSPS) is 21.1. The standard InChI is InChI=1S/C20H22FNO2/c21-18-11-16(13-22-9-5-2-6-10-22)19-17(12-18)14-23-20(24-19)15-7-3-1-4-8-15/h1,3-4,7-8,11-12,20H,2,5-6,9-10,13-14H2. The fraction of sp³-hybridized carbons (Fsp3) is 0.400. The van der Waals surface area contributed by atoms with E-state index in [1.807, 2.05) is 30.3 Å². The summed E-state index contributed by atoms with van der Waals surface area (Å²) in [7, 11) is 0. The van der Waals surface area contributed by atoms with Gasteiger partial charge in [-0.2, -0.15) is 0 Å². The lowest BCUT2D eigenvalue weighted by atomic mass is 10.0. The Labute approximate surface area is 142 Å². The van der Waals surface area contributed by atoms with Gasteiger partial charge in [-0.3, -0.25) is 4.90 Å². The molecule has 0 amide bonds. The highest BCUT2D eigenvalue weighted by molar-refractivity contribution is 5.43. The van der Waals surface area contributed by atoms with Crippen molar-refractivity contribution in [2.75, 3.05) is 13.1 Å². The van der Waals surface area contributed by atoms with Crippen molar-refractivity contribution in [3.8, 4) is 5.75 Å². The Morgan fingerprint density at radius 1 is 1.04 bits per heavy atom. The summed E-state index contributed by atoms with van der Waals surface area (Å²) in [6.07, 6.45) is 3.30. The number of halogens is 1. The van der Waals surface area contributed by atoms with Gasteiger partial charge in [-0.15, -0.1) is 0 Å². The van der Waals surface area contributed by atoms with Crippen LogP contribution in [0.15, 0.2) is 42.5 Å². The molecule has 1 unspecified atom stereocenters. The smallest absolute Gasteiger partial charge is 0.227 e. The van der Waals surface area contributed by atoms with E-state index in [2.05, 4.69) is 4.90 Å². The second-order valence-corrected chi connectivity index (χ2v) is 6.56. The Bertz CT molecular complexity index is 698. The zero-order valence-corrected chi connectivity index (χ0v) is 13.7. The summed E-state index contributed by atoms with van der Waals surface area (Å²) in [5.74, 6) is 0.577. The van der Waals surface area contributed by atoms with Gasteiger partial charge in [0.05, 0.1) is 6.61 Å². The third kappa shape index (κ3) is 3.30. The highest BCUT2D eigenvalue weighted by Crippen LogP contribution is 2.37. The first-order valence-electron chi connectivity index (χ1n) is 8.66. The van der Waals surface area contributed by atoms with Gasteiger partial charge in [-0.05, 0) is 38.1 Å². The van der Waals surface area contributed by atoms with E-state index >= 15 is 0 Å². The monoisotopic (exact) mass is 327 g/mol. The molecular formula is C20H22FNO2. The van der Waals surface area contributed by atoms with Crippen molar-refractivity contribution in [2.24, 2.45) is 0 Å². The molecule has 0 aliphatic carbocycles. The van der Waals surface area contributed by atoms with Crippen LogP contribution in [0.5, 0.6) is 5.75 Å². The molecule has 2 aliphatic heterocycles. The van der Waals surface area contributed by atoms with Crippen molar-refractivity contribution >= 4 is 0 Å². The first kappa shape index (κ1) is 15.6. The number of hydrogen-bond donors (Lipinski definition) is 0. The van der Waals surface area contributed by atoms with Crippen molar-refractivity contribution in [1.29, 1.82) is 0 Å². The average Bonchev–Trinajstić information content (AvgIpc) is 2.63.